The molecule has 1 heterocycles. The van der Waals surface area contributed by atoms with E-state index in [1.54, 1.807) is 7.11 Å². The Morgan fingerprint density at radius 3 is 2.60 bits per heavy atom. The summed E-state index contributed by atoms with van der Waals surface area (Å²) >= 11 is 0. The first kappa shape index (κ1) is 13.7. The zero-order valence-corrected chi connectivity index (χ0v) is 12.1. The molecule has 0 atom stereocenters. The zero-order chi connectivity index (χ0) is 14.0. The maximum atomic E-state index is 11.8. The highest BCUT2D eigenvalue weighted by Gasteiger charge is 2.38. The number of aromatic nitrogens is 2. The Kier molecular flexibility index (Phi) is 3.87. The highest BCUT2D eigenvalue weighted by atomic mass is 16.5. The fourth-order valence-corrected chi connectivity index (χ4v) is 3.03. The molecule has 0 aliphatic heterocycles. The van der Waals surface area contributed by atoms with Crippen molar-refractivity contribution in [3.63, 3.8) is 0 Å². The third kappa shape index (κ3) is 2.77. The van der Waals surface area contributed by atoms with Crippen molar-refractivity contribution < 1.29 is 14.1 Å². The van der Waals surface area contributed by atoms with Gasteiger partial charge in [0.15, 0.2) is 0 Å². The summed E-state index contributed by atoms with van der Waals surface area (Å²) in [7, 11) is 1.72. The van der Waals surface area contributed by atoms with Crippen molar-refractivity contribution in [2.75, 3.05) is 7.11 Å². The summed E-state index contributed by atoms with van der Waals surface area (Å²) < 4.78 is 11.0. The van der Waals surface area contributed by atoms with E-state index in [1.165, 1.54) is 12.8 Å². The van der Waals surface area contributed by atoms with Gasteiger partial charge >= 0.3 is 0 Å². The average molecular weight is 278 g/mol. The molecule has 0 unspecified atom stereocenters. The van der Waals surface area contributed by atoms with E-state index in [1.807, 2.05) is 0 Å². The van der Waals surface area contributed by atoms with Gasteiger partial charge in [0.2, 0.25) is 11.7 Å². The molecule has 0 N–H and O–H groups in total. The second-order valence-electron chi connectivity index (χ2n) is 6.04. The highest BCUT2D eigenvalue weighted by Crippen LogP contribution is 2.37. The van der Waals surface area contributed by atoms with Crippen LogP contribution in [0.4, 0.5) is 0 Å². The number of rotatable bonds is 5. The lowest BCUT2D eigenvalue weighted by Crippen LogP contribution is -2.29. The molecule has 2 fully saturated rings. The van der Waals surface area contributed by atoms with Gasteiger partial charge in [-0.25, -0.2) is 0 Å². The van der Waals surface area contributed by atoms with Gasteiger partial charge in [0.25, 0.3) is 0 Å². The maximum Gasteiger partial charge on any atom is 0.234 e. The largest absolute Gasteiger partial charge is 0.370 e. The number of ether oxygens (including phenoxy) is 1. The highest BCUT2D eigenvalue weighted by molar-refractivity contribution is 5.84. The Morgan fingerprint density at radius 2 is 2.00 bits per heavy atom. The molecule has 0 amide bonds. The topological polar surface area (TPSA) is 65.2 Å². The van der Waals surface area contributed by atoms with Gasteiger partial charge < -0.3 is 9.26 Å². The minimum absolute atomic E-state index is 0.229. The van der Waals surface area contributed by atoms with Gasteiger partial charge in [0, 0.05) is 13.0 Å². The summed E-state index contributed by atoms with van der Waals surface area (Å²) in [6.07, 6.45) is 8.88. The lowest BCUT2D eigenvalue weighted by molar-refractivity contribution is -0.119. The number of ketones is 1. The van der Waals surface area contributed by atoms with Crippen LogP contribution in [0.1, 0.15) is 63.1 Å². The minimum atomic E-state index is -0.416. The number of hydrogen-bond acceptors (Lipinski definition) is 5. The van der Waals surface area contributed by atoms with Gasteiger partial charge in [-0.3, -0.25) is 4.79 Å². The van der Waals surface area contributed by atoms with Crippen LogP contribution in [0.3, 0.4) is 0 Å². The normalized spacial score (nSPS) is 22.4. The van der Waals surface area contributed by atoms with E-state index in [-0.39, 0.29) is 18.1 Å². The van der Waals surface area contributed by atoms with Crippen molar-refractivity contribution in [2.24, 2.45) is 5.92 Å². The van der Waals surface area contributed by atoms with E-state index < -0.39 is 5.60 Å². The van der Waals surface area contributed by atoms with Crippen LogP contribution in [0.2, 0.25) is 0 Å². The third-order valence-corrected chi connectivity index (χ3v) is 4.54. The smallest absolute Gasteiger partial charge is 0.234 e. The van der Waals surface area contributed by atoms with Crippen LogP contribution in [0.25, 0.3) is 0 Å². The summed E-state index contributed by atoms with van der Waals surface area (Å²) in [6, 6.07) is 0. The van der Waals surface area contributed by atoms with Crippen LogP contribution in [0, 0.1) is 5.92 Å². The van der Waals surface area contributed by atoms with E-state index in [0.29, 0.717) is 11.7 Å². The summed E-state index contributed by atoms with van der Waals surface area (Å²) in [4.78, 5) is 16.3. The number of Topliss-reactive ketones (excluding diaryl/α,β-unsaturated/α-hetero) is 1. The molecule has 0 aromatic carbocycles. The van der Waals surface area contributed by atoms with E-state index in [9.17, 15) is 4.79 Å². The Labute approximate surface area is 119 Å². The van der Waals surface area contributed by atoms with Gasteiger partial charge in [-0.1, -0.05) is 30.8 Å². The standard InChI is InChI=1S/C15H22N2O3/c1-19-15(8-4-2-3-5-9-15)14-16-13(20-17-14)10-12(18)11-6-7-11/h11H,2-10H2,1H3. The van der Waals surface area contributed by atoms with Crippen molar-refractivity contribution in [2.45, 2.75) is 63.4 Å². The van der Waals surface area contributed by atoms with E-state index in [4.69, 9.17) is 9.26 Å². The molecule has 0 radical (unpaired) electrons. The first-order valence-electron chi connectivity index (χ1n) is 7.64. The molecule has 2 aliphatic rings. The summed E-state index contributed by atoms with van der Waals surface area (Å²) in [5, 5.41) is 4.09. The minimum Gasteiger partial charge on any atom is -0.370 e. The molecule has 0 saturated heterocycles. The van der Waals surface area contributed by atoms with Crippen molar-refractivity contribution in [3.05, 3.63) is 11.7 Å². The van der Waals surface area contributed by atoms with E-state index >= 15 is 0 Å². The summed E-state index contributed by atoms with van der Waals surface area (Å²) in [5.74, 6) is 1.53. The number of methoxy groups -OCH3 is 1. The van der Waals surface area contributed by atoms with E-state index in [0.717, 1.165) is 38.5 Å². The summed E-state index contributed by atoms with van der Waals surface area (Å²) in [5.41, 5.74) is -0.416. The van der Waals surface area contributed by atoms with Gasteiger partial charge in [-0.05, 0) is 25.7 Å². The van der Waals surface area contributed by atoms with Crippen LogP contribution in [0.5, 0.6) is 0 Å². The number of carbonyl (C=O) groups is 1. The zero-order valence-electron chi connectivity index (χ0n) is 12.1. The molecule has 3 rings (SSSR count). The maximum absolute atomic E-state index is 11.8. The Bertz CT molecular complexity index is 471. The fourth-order valence-electron chi connectivity index (χ4n) is 3.03. The second-order valence-corrected chi connectivity index (χ2v) is 6.04. The molecular formula is C15H22N2O3. The molecule has 20 heavy (non-hydrogen) atoms. The first-order chi connectivity index (χ1) is 9.73. The molecule has 0 bridgehead atoms. The van der Waals surface area contributed by atoms with Crippen LogP contribution in [-0.2, 0) is 21.6 Å². The molecular weight excluding hydrogens is 256 g/mol. The SMILES string of the molecule is COC1(c2noc(CC(=O)C3CC3)n2)CCCCCC1. The molecule has 110 valence electrons. The van der Waals surface area contributed by atoms with Crippen molar-refractivity contribution in [1.29, 1.82) is 0 Å². The number of carbonyl (C=O) groups excluding carboxylic acids is 1. The third-order valence-electron chi connectivity index (χ3n) is 4.54. The number of nitrogens with zero attached hydrogens (tertiary/aromatic N) is 2. The van der Waals surface area contributed by atoms with Crippen LogP contribution >= 0.6 is 0 Å². The number of hydrogen-bond donors (Lipinski definition) is 0. The van der Waals surface area contributed by atoms with Gasteiger partial charge in [0.05, 0.1) is 6.42 Å². The molecule has 0 spiro atoms. The van der Waals surface area contributed by atoms with E-state index in [2.05, 4.69) is 10.1 Å². The van der Waals surface area contributed by atoms with Gasteiger partial charge in [-0.2, -0.15) is 4.98 Å². The average Bonchev–Trinajstić information content (AvgIpc) is 3.25. The predicted molar refractivity (Wildman–Crippen MR) is 72.1 cm³/mol. The van der Waals surface area contributed by atoms with Crippen molar-refractivity contribution in [3.8, 4) is 0 Å². The van der Waals surface area contributed by atoms with Crippen LogP contribution in [0.15, 0.2) is 4.52 Å². The first-order valence-corrected chi connectivity index (χ1v) is 7.64. The van der Waals surface area contributed by atoms with Crippen LogP contribution in [-0.4, -0.2) is 23.0 Å². The van der Waals surface area contributed by atoms with Gasteiger partial charge in [0.1, 0.15) is 11.4 Å². The molecule has 5 heteroatoms. The monoisotopic (exact) mass is 278 g/mol. The molecule has 2 saturated carbocycles. The second kappa shape index (κ2) is 5.64. The summed E-state index contributed by atoms with van der Waals surface area (Å²) in [6.45, 7) is 0. The molecule has 1 aromatic heterocycles. The van der Waals surface area contributed by atoms with Crippen LogP contribution < -0.4 is 0 Å². The lowest BCUT2D eigenvalue weighted by Gasteiger charge is -2.27. The Balaban J connectivity index is 1.74. The quantitative estimate of drug-likeness (QED) is 0.775. The van der Waals surface area contributed by atoms with Crippen molar-refractivity contribution >= 4 is 5.78 Å². The van der Waals surface area contributed by atoms with Gasteiger partial charge in [-0.15, -0.1) is 0 Å². The lowest BCUT2D eigenvalue weighted by atomic mass is 9.93. The fraction of sp³-hybridized carbons (Fsp3) is 0.800. The Hall–Kier alpha value is -1.23. The predicted octanol–water partition coefficient (Wildman–Crippen LogP) is 2.79. The molecule has 1 aromatic rings. The van der Waals surface area contributed by atoms with Crippen molar-refractivity contribution in [1.82, 2.24) is 10.1 Å². The molecule has 2 aliphatic carbocycles. The molecule has 5 nitrogen and oxygen atoms in total. The Morgan fingerprint density at radius 1 is 1.30 bits per heavy atom.